The van der Waals surface area contributed by atoms with Gasteiger partial charge >= 0.3 is 86.1 Å². The van der Waals surface area contributed by atoms with Crippen molar-refractivity contribution in [3.05, 3.63) is 22.3 Å². The fraction of sp³-hybridized carbons (Fsp3) is 0.556. The van der Waals surface area contributed by atoms with Crippen molar-refractivity contribution in [3.8, 4) is 0 Å². The molecule has 0 aromatic carbocycles. The molecule has 0 nitrogen and oxygen atoms in total. The summed E-state index contributed by atoms with van der Waals surface area (Å²) in [5, 5.41) is 0. The number of rotatable bonds is 1. The van der Waals surface area contributed by atoms with Crippen LogP contribution in [0, 0.1) is 0 Å². The maximum absolute atomic E-state index is 2.32. The maximum atomic E-state index is 2.32. The van der Waals surface area contributed by atoms with Gasteiger partial charge in [-0.1, -0.05) is 0 Å². The SMILES string of the molecule is CC1=C(C)C([SiH2][Zr+2])C(C)=C1C.[Cl-].[Cl-]. The normalized spacial score (nSPS) is 18.3. The van der Waals surface area contributed by atoms with Gasteiger partial charge in [-0.3, -0.25) is 0 Å². The van der Waals surface area contributed by atoms with Gasteiger partial charge in [0.1, 0.15) is 0 Å². The van der Waals surface area contributed by atoms with E-state index >= 15 is 0 Å². The summed E-state index contributed by atoms with van der Waals surface area (Å²) in [6, 6.07) is 0. The zero-order valence-electron chi connectivity index (χ0n) is 8.54. The first-order chi connectivity index (χ1) is 5.09. The summed E-state index contributed by atoms with van der Waals surface area (Å²) in [6.45, 7) is 9.38. The molecule has 0 spiro atoms. The van der Waals surface area contributed by atoms with Gasteiger partial charge in [-0.15, -0.1) is 0 Å². The first kappa shape index (κ1) is 16.6. The Balaban J connectivity index is 0. The standard InChI is InChI=1S/C9H15Si.2ClH.Zr/c1-5-6(2)8(4)9(10)7(5)3;;;/h9H,10H2,1-4H3;2*1H;/q;;;+2/p-2. The van der Waals surface area contributed by atoms with E-state index in [0.717, 1.165) is 5.54 Å². The van der Waals surface area contributed by atoms with Crippen LogP contribution in [0.15, 0.2) is 22.3 Å². The van der Waals surface area contributed by atoms with Crippen LogP contribution in [0.2, 0.25) is 5.54 Å². The van der Waals surface area contributed by atoms with E-state index in [1.54, 1.807) is 46.2 Å². The number of hydrogen-bond acceptors (Lipinski definition) is 0. The topological polar surface area (TPSA) is 0 Å². The third kappa shape index (κ3) is 3.06. The van der Waals surface area contributed by atoms with Crippen LogP contribution in [0.4, 0.5) is 0 Å². The maximum Gasteiger partial charge on any atom is -1.00 e. The quantitative estimate of drug-likeness (QED) is 0.434. The monoisotopic (exact) mass is 311 g/mol. The first-order valence-corrected chi connectivity index (χ1v) is 10.8. The fourth-order valence-corrected chi connectivity index (χ4v) is 7.49. The van der Waals surface area contributed by atoms with Gasteiger partial charge in [-0.2, -0.15) is 0 Å². The van der Waals surface area contributed by atoms with Crippen molar-refractivity contribution in [2.75, 3.05) is 0 Å². The molecule has 0 heterocycles. The Morgan fingerprint density at radius 2 is 1.23 bits per heavy atom. The third-order valence-electron chi connectivity index (χ3n) is 3.00. The van der Waals surface area contributed by atoms with Crippen LogP contribution in [0.1, 0.15) is 27.7 Å². The molecule has 0 radical (unpaired) electrons. The Kier molecular flexibility index (Phi) is 8.43. The molecule has 0 amide bonds. The fourth-order valence-electron chi connectivity index (χ4n) is 1.75. The molecule has 0 fully saturated rings. The average Bonchev–Trinajstić information content (AvgIpc) is 2.17. The summed E-state index contributed by atoms with van der Waals surface area (Å²) in [6.07, 6.45) is 0. The predicted octanol–water partition coefficient (Wildman–Crippen LogP) is -3.90. The third-order valence-corrected chi connectivity index (χ3v) is 7.64. The van der Waals surface area contributed by atoms with E-state index in [1.165, 1.54) is 0 Å². The molecule has 0 bridgehead atoms. The predicted molar refractivity (Wildman–Crippen MR) is 49.0 cm³/mol. The van der Waals surface area contributed by atoms with E-state index in [-0.39, 0.29) is 31.5 Å². The molecule has 0 saturated carbocycles. The number of allylic oxidation sites excluding steroid dienone is 4. The van der Waals surface area contributed by atoms with Crippen LogP contribution in [-0.2, 0) is 23.9 Å². The molecule has 1 rings (SSSR count). The Morgan fingerprint density at radius 1 is 0.923 bits per heavy atom. The molecule has 1 aliphatic carbocycles. The van der Waals surface area contributed by atoms with E-state index in [0.29, 0.717) is 0 Å². The second kappa shape index (κ2) is 6.61. The summed E-state index contributed by atoms with van der Waals surface area (Å²) >= 11 is 1.79. The van der Waals surface area contributed by atoms with Gasteiger partial charge in [0.2, 0.25) is 0 Å². The van der Waals surface area contributed by atoms with Crippen LogP contribution < -0.4 is 24.8 Å². The minimum Gasteiger partial charge on any atom is -1.00 e. The van der Waals surface area contributed by atoms with Crippen LogP contribution in [0.3, 0.4) is 0 Å². The summed E-state index contributed by atoms with van der Waals surface area (Å²) in [7, 11) is 0. The van der Waals surface area contributed by atoms with E-state index < -0.39 is 0 Å². The Morgan fingerprint density at radius 3 is 1.38 bits per heavy atom. The van der Waals surface area contributed by atoms with Crippen LogP contribution in [-0.4, -0.2) is 6.65 Å². The van der Waals surface area contributed by atoms with Crippen LogP contribution in [0.5, 0.6) is 0 Å². The van der Waals surface area contributed by atoms with Crippen molar-refractivity contribution in [2.45, 2.75) is 33.2 Å². The van der Waals surface area contributed by atoms with Gasteiger partial charge in [0.15, 0.2) is 0 Å². The summed E-state index contributed by atoms with van der Waals surface area (Å²) in [4.78, 5) is 0. The van der Waals surface area contributed by atoms with Crippen LogP contribution in [0.25, 0.3) is 0 Å². The molecule has 0 aromatic rings. The molecule has 0 atom stereocenters. The molecule has 0 aliphatic heterocycles. The van der Waals surface area contributed by atoms with Gasteiger partial charge in [-0.25, -0.2) is 0 Å². The van der Waals surface area contributed by atoms with Gasteiger partial charge in [0.25, 0.3) is 0 Å². The van der Waals surface area contributed by atoms with Gasteiger partial charge in [-0.05, 0) is 0 Å². The van der Waals surface area contributed by atoms with Gasteiger partial charge in [0, 0.05) is 0 Å². The first-order valence-electron chi connectivity index (χ1n) is 4.09. The Labute approximate surface area is 110 Å². The van der Waals surface area contributed by atoms with Crippen molar-refractivity contribution in [1.29, 1.82) is 0 Å². The van der Waals surface area contributed by atoms with Crippen molar-refractivity contribution >= 4 is 6.65 Å². The Bertz CT molecular complexity index is 222. The molecule has 0 saturated heterocycles. The van der Waals surface area contributed by atoms with Crippen LogP contribution >= 0.6 is 0 Å². The molecule has 0 aromatic heterocycles. The molecule has 1 aliphatic rings. The van der Waals surface area contributed by atoms with Crippen molar-refractivity contribution in [2.24, 2.45) is 0 Å². The molecule has 0 N–H and O–H groups in total. The molecule has 13 heavy (non-hydrogen) atoms. The van der Waals surface area contributed by atoms with Crippen molar-refractivity contribution in [3.63, 3.8) is 0 Å². The zero-order chi connectivity index (χ0) is 8.59. The largest absolute Gasteiger partial charge is 1.00 e. The van der Waals surface area contributed by atoms with E-state index in [1.807, 2.05) is 0 Å². The summed E-state index contributed by atoms with van der Waals surface area (Å²) < 4.78 is 0. The van der Waals surface area contributed by atoms with E-state index in [4.69, 9.17) is 0 Å². The molecular weight excluding hydrogens is 298 g/mol. The van der Waals surface area contributed by atoms with Gasteiger partial charge in [0.05, 0.1) is 0 Å². The Hall–Kier alpha value is 1.16. The number of hydrogen-bond donors (Lipinski definition) is 0. The minimum atomic E-state index is 0. The van der Waals surface area contributed by atoms with E-state index in [9.17, 15) is 0 Å². The van der Waals surface area contributed by atoms with E-state index in [2.05, 4.69) is 27.7 Å². The average molecular weight is 313 g/mol. The van der Waals surface area contributed by atoms with Gasteiger partial charge < -0.3 is 24.8 Å². The second-order valence-corrected chi connectivity index (χ2v) is 7.61. The minimum absolute atomic E-state index is 0. The molecule has 0 unspecified atom stereocenters. The molecule has 4 heteroatoms. The van der Waals surface area contributed by atoms with Crippen molar-refractivity contribution in [1.82, 2.24) is 0 Å². The molecular formula is C9H15Cl2SiZr. The zero-order valence-corrected chi connectivity index (χ0v) is 13.9. The molecule has 73 valence electrons. The summed E-state index contributed by atoms with van der Waals surface area (Å²) in [5.41, 5.74) is 7.41. The second-order valence-electron chi connectivity index (χ2n) is 3.37. The number of halogens is 2. The smallest absolute Gasteiger partial charge is 1.00 e. The van der Waals surface area contributed by atoms with Crippen molar-refractivity contribution < 1.29 is 48.7 Å². The summed E-state index contributed by atoms with van der Waals surface area (Å²) in [5.74, 6) is 0.